The molecule has 1 aromatic heterocycles. The molecule has 0 bridgehead atoms. The van der Waals surface area contributed by atoms with Crippen LogP contribution in [0.2, 0.25) is 0 Å². The highest BCUT2D eigenvalue weighted by Crippen LogP contribution is 2.31. The van der Waals surface area contributed by atoms with Gasteiger partial charge in [-0.25, -0.2) is 0 Å². The summed E-state index contributed by atoms with van der Waals surface area (Å²) in [6.07, 6.45) is -0.277. The van der Waals surface area contributed by atoms with Crippen LogP contribution >= 0.6 is 0 Å². The summed E-state index contributed by atoms with van der Waals surface area (Å²) in [6, 6.07) is 10.4. The average Bonchev–Trinajstić information content (AvgIpc) is 3.03. The Kier molecular flexibility index (Phi) is 7.27. The molecular weight excluding hydrogens is 438 g/mol. The van der Waals surface area contributed by atoms with Gasteiger partial charge in [0.25, 0.3) is 5.91 Å². The highest BCUT2D eigenvalue weighted by atomic mass is 19.3. The van der Waals surface area contributed by atoms with Gasteiger partial charge < -0.3 is 19.9 Å². The molecule has 0 spiro atoms. The minimum Gasteiger partial charge on any atom is -0.497 e. The molecule has 33 heavy (non-hydrogen) atoms. The van der Waals surface area contributed by atoms with Crippen LogP contribution in [0.4, 0.5) is 8.78 Å². The number of carboxylic acids is 1. The Labute approximate surface area is 187 Å². The standard InChI is InChI=1S/C23H22F2N2O6/c1-13-17(12-20(28)26-10-9-21(29)30)18-11-16(32-2)7-8-19(18)27(13)22(31)14-3-5-15(6-4-14)33-23(24)25/h3-8,11,23H,9-10,12H2,1-2H3,(H,26,28)(H,29,30). The van der Waals surface area contributed by atoms with Gasteiger partial charge >= 0.3 is 12.6 Å². The first-order valence-electron chi connectivity index (χ1n) is 9.97. The van der Waals surface area contributed by atoms with E-state index in [1.807, 2.05) is 0 Å². The van der Waals surface area contributed by atoms with Crippen molar-refractivity contribution >= 4 is 28.7 Å². The Morgan fingerprint density at radius 2 is 1.76 bits per heavy atom. The number of amides is 1. The van der Waals surface area contributed by atoms with Gasteiger partial charge in [0.05, 0.1) is 25.5 Å². The van der Waals surface area contributed by atoms with Crippen LogP contribution in [-0.2, 0) is 16.0 Å². The predicted molar refractivity (Wildman–Crippen MR) is 115 cm³/mol. The molecule has 0 saturated heterocycles. The van der Waals surface area contributed by atoms with E-state index in [-0.39, 0.29) is 36.6 Å². The summed E-state index contributed by atoms with van der Waals surface area (Å²) in [4.78, 5) is 36.4. The van der Waals surface area contributed by atoms with Crippen LogP contribution in [0.3, 0.4) is 0 Å². The number of nitrogens with zero attached hydrogens (tertiary/aromatic N) is 1. The number of alkyl halides is 2. The molecule has 0 unspecified atom stereocenters. The van der Waals surface area contributed by atoms with Crippen molar-refractivity contribution in [2.45, 2.75) is 26.4 Å². The van der Waals surface area contributed by atoms with Crippen LogP contribution in [0.15, 0.2) is 42.5 Å². The second kappa shape index (κ2) is 10.1. The van der Waals surface area contributed by atoms with Crippen LogP contribution in [-0.4, -0.2) is 47.7 Å². The van der Waals surface area contributed by atoms with E-state index in [4.69, 9.17) is 9.84 Å². The molecule has 0 radical (unpaired) electrons. The van der Waals surface area contributed by atoms with E-state index in [1.54, 1.807) is 25.1 Å². The van der Waals surface area contributed by atoms with Gasteiger partial charge in [0, 0.05) is 23.2 Å². The molecule has 3 aromatic rings. The van der Waals surface area contributed by atoms with Crippen LogP contribution < -0.4 is 14.8 Å². The van der Waals surface area contributed by atoms with Gasteiger partial charge in [-0.2, -0.15) is 8.78 Å². The van der Waals surface area contributed by atoms with Gasteiger partial charge in [0.2, 0.25) is 5.91 Å². The maximum absolute atomic E-state index is 13.3. The zero-order valence-corrected chi connectivity index (χ0v) is 17.9. The zero-order valence-electron chi connectivity index (χ0n) is 17.9. The van der Waals surface area contributed by atoms with Gasteiger partial charge in [0.1, 0.15) is 11.5 Å². The monoisotopic (exact) mass is 460 g/mol. The third kappa shape index (κ3) is 5.46. The Hall–Kier alpha value is -3.95. The number of hydrogen-bond donors (Lipinski definition) is 2. The Morgan fingerprint density at radius 3 is 2.36 bits per heavy atom. The molecule has 2 aromatic carbocycles. The van der Waals surface area contributed by atoms with Crippen molar-refractivity contribution in [2.24, 2.45) is 0 Å². The number of carbonyl (C=O) groups is 3. The molecule has 0 atom stereocenters. The smallest absolute Gasteiger partial charge is 0.387 e. The molecule has 2 N–H and O–H groups in total. The van der Waals surface area contributed by atoms with E-state index < -0.39 is 18.5 Å². The predicted octanol–water partition coefficient (Wildman–Crippen LogP) is 3.38. The first kappa shape index (κ1) is 23.7. The lowest BCUT2D eigenvalue weighted by atomic mass is 10.1. The van der Waals surface area contributed by atoms with Crippen molar-refractivity contribution in [2.75, 3.05) is 13.7 Å². The number of carbonyl (C=O) groups excluding carboxylic acids is 2. The van der Waals surface area contributed by atoms with Crippen LogP contribution in [0.1, 0.15) is 28.0 Å². The van der Waals surface area contributed by atoms with Gasteiger partial charge in [-0.15, -0.1) is 0 Å². The van der Waals surface area contributed by atoms with E-state index in [0.29, 0.717) is 27.9 Å². The number of halogens is 2. The van der Waals surface area contributed by atoms with Crippen molar-refractivity contribution in [1.82, 2.24) is 9.88 Å². The van der Waals surface area contributed by atoms with Crippen molar-refractivity contribution < 1.29 is 37.7 Å². The number of methoxy groups -OCH3 is 1. The van der Waals surface area contributed by atoms with Gasteiger partial charge in [-0.3, -0.25) is 19.0 Å². The maximum atomic E-state index is 13.3. The fourth-order valence-electron chi connectivity index (χ4n) is 3.51. The normalized spacial score (nSPS) is 10.9. The molecule has 0 fully saturated rings. The lowest BCUT2D eigenvalue weighted by molar-refractivity contribution is -0.136. The molecule has 0 aliphatic rings. The minimum atomic E-state index is -2.97. The lowest BCUT2D eigenvalue weighted by Gasteiger charge is -2.09. The Morgan fingerprint density at radius 1 is 1.09 bits per heavy atom. The zero-order chi connectivity index (χ0) is 24.1. The second-order valence-electron chi connectivity index (χ2n) is 7.16. The molecule has 10 heteroatoms. The number of aromatic nitrogens is 1. The number of rotatable bonds is 9. The van der Waals surface area contributed by atoms with Crippen molar-refractivity contribution in [3.63, 3.8) is 0 Å². The second-order valence-corrected chi connectivity index (χ2v) is 7.16. The summed E-state index contributed by atoms with van der Waals surface area (Å²) in [5, 5.41) is 11.9. The van der Waals surface area contributed by atoms with E-state index in [2.05, 4.69) is 10.1 Å². The average molecular weight is 460 g/mol. The fraction of sp³-hybridized carbons (Fsp3) is 0.261. The highest BCUT2D eigenvalue weighted by molar-refractivity contribution is 6.05. The van der Waals surface area contributed by atoms with Crippen molar-refractivity contribution in [1.29, 1.82) is 0 Å². The Balaban J connectivity index is 1.98. The summed E-state index contributed by atoms with van der Waals surface area (Å²) < 4.78 is 35.8. The first-order chi connectivity index (χ1) is 15.7. The third-order valence-electron chi connectivity index (χ3n) is 5.07. The summed E-state index contributed by atoms with van der Waals surface area (Å²) in [6.45, 7) is -1.29. The number of nitrogens with one attached hydrogen (secondary N) is 1. The highest BCUT2D eigenvalue weighted by Gasteiger charge is 2.22. The van der Waals surface area contributed by atoms with E-state index in [9.17, 15) is 23.2 Å². The van der Waals surface area contributed by atoms with Crippen molar-refractivity contribution in [3.8, 4) is 11.5 Å². The molecular formula is C23H22F2N2O6. The number of benzene rings is 2. The fourth-order valence-corrected chi connectivity index (χ4v) is 3.51. The van der Waals surface area contributed by atoms with Crippen molar-refractivity contribution in [3.05, 3.63) is 59.3 Å². The van der Waals surface area contributed by atoms with E-state index in [0.717, 1.165) is 0 Å². The topological polar surface area (TPSA) is 107 Å². The molecule has 0 saturated carbocycles. The number of hydrogen-bond acceptors (Lipinski definition) is 5. The number of ether oxygens (including phenoxy) is 2. The van der Waals surface area contributed by atoms with Crippen LogP contribution in [0.25, 0.3) is 10.9 Å². The molecule has 1 amide bonds. The maximum Gasteiger partial charge on any atom is 0.387 e. The van der Waals surface area contributed by atoms with Crippen LogP contribution in [0, 0.1) is 6.92 Å². The Bertz CT molecular complexity index is 1190. The van der Waals surface area contributed by atoms with Gasteiger partial charge in [-0.05, 0) is 55.0 Å². The lowest BCUT2D eigenvalue weighted by Crippen LogP contribution is -2.27. The third-order valence-corrected chi connectivity index (χ3v) is 5.07. The quantitative estimate of drug-likeness (QED) is 0.507. The molecule has 3 rings (SSSR count). The summed E-state index contributed by atoms with van der Waals surface area (Å²) in [7, 11) is 1.50. The van der Waals surface area contributed by atoms with Crippen LogP contribution in [0.5, 0.6) is 11.5 Å². The largest absolute Gasteiger partial charge is 0.497 e. The van der Waals surface area contributed by atoms with E-state index >= 15 is 0 Å². The minimum absolute atomic E-state index is 0.0128. The molecule has 174 valence electrons. The molecule has 1 heterocycles. The number of fused-ring (bicyclic) bond motifs is 1. The molecule has 8 nitrogen and oxygen atoms in total. The number of carboxylic acid groups (broad SMARTS) is 1. The first-order valence-corrected chi connectivity index (χ1v) is 9.97. The molecule has 0 aliphatic heterocycles. The summed E-state index contributed by atoms with van der Waals surface area (Å²) in [5.41, 5.74) is 1.89. The van der Waals surface area contributed by atoms with E-state index in [1.165, 1.54) is 35.9 Å². The number of aliphatic carboxylic acids is 1. The summed E-state index contributed by atoms with van der Waals surface area (Å²) >= 11 is 0. The van der Waals surface area contributed by atoms with Gasteiger partial charge in [-0.1, -0.05) is 0 Å². The summed E-state index contributed by atoms with van der Waals surface area (Å²) in [5.74, 6) is -1.36. The SMILES string of the molecule is COc1ccc2c(c1)c(CC(=O)NCCC(=O)O)c(C)n2C(=O)c1ccc(OC(F)F)cc1. The van der Waals surface area contributed by atoms with Gasteiger partial charge in [0.15, 0.2) is 0 Å². The molecule has 0 aliphatic carbocycles.